The Morgan fingerprint density at radius 3 is 1.60 bits per heavy atom. The molecule has 0 N–H and O–H groups in total. The van der Waals surface area contributed by atoms with Crippen molar-refractivity contribution in [3.63, 3.8) is 0 Å². The van der Waals surface area contributed by atoms with E-state index in [0.717, 1.165) is 12.8 Å². The predicted octanol–water partition coefficient (Wildman–Crippen LogP) is 3.03. The fourth-order valence-electron chi connectivity index (χ4n) is 0.955. The van der Waals surface area contributed by atoms with E-state index in [1.807, 2.05) is 0 Å². The highest BCUT2D eigenvalue weighted by molar-refractivity contribution is 6.69. The topological polar surface area (TPSA) is 9.23 Å². The van der Waals surface area contributed by atoms with Gasteiger partial charge in [-0.2, -0.15) is 0 Å². The summed E-state index contributed by atoms with van der Waals surface area (Å²) in [5, 5.41) is 0. The zero-order valence-electron chi connectivity index (χ0n) is 7.90. The molecule has 10 heavy (non-hydrogen) atoms. The van der Waals surface area contributed by atoms with Crippen LogP contribution < -0.4 is 0 Å². The molecule has 0 aromatic rings. The average molecular weight is 160 g/mol. The third kappa shape index (κ3) is 5.00. The normalized spacial score (nSPS) is 12.6. The Morgan fingerprint density at radius 2 is 1.50 bits per heavy atom. The van der Waals surface area contributed by atoms with Crippen LogP contribution in [0.3, 0.4) is 0 Å². The van der Waals surface area contributed by atoms with Crippen LogP contribution >= 0.6 is 0 Å². The van der Waals surface area contributed by atoms with Gasteiger partial charge < -0.3 is 4.43 Å². The Kier molecular flexibility index (Phi) is 4.21. The van der Waals surface area contributed by atoms with E-state index in [1.165, 1.54) is 0 Å². The second-order valence-corrected chi connectivity index (χ2v) is 8.13. The highest BCUT2D eigenvalue weighted by Gasteiger charge is 2.18. The molecule has 0 aliphatic rings. The van der Waals surface area contributed by atoms with Crippen LogP contribution in [0.15, 0.2) is 0 Å². The molecule has 0 aromatic carbocycles. The Morgan fingerprint density at radius 1 is 1.10 bits per heavy atom. The van der Waals surface area contributed by atoms with Gasteiger partial charge in [0.1, 0.15) is 0 Å². The number of hydrogen-bond donors (Lipinski definition) is 0. The van der Waals surface area contributed by atoms with Gasteiger partial charge in [-0.1, -0.05) is 13.8 Å². The van der Waals surface area contributed by atoms with Crippen LogP contribution in [0.4, 0.5) is 0 Å². The molecular weight excluding hydrogens is 140 g/mol. The van der Waals surface area contributed by atoms with Crippen LogP contribution in [0.5, 0.6) is 0 Å². The molecule has 0 saturated carbocycles. The van der Waals surface area contributed by atoms with Crippen molar-refractivity contribution < 1.29 is 4.43 Å². The molecule has 0 unspecified atom stereocenters. The lowest BCUT2D eigenvalue weighted by Crippen LogP contribution is -2.31. The second-order valence-electron chi connectivity index (χ2n) is 3.67. The molecule has 0 aliphatic heterocycles. The Balaban J connectivity index is 3.63. The summed E-state index contributed by atoms with van der Waals surface area (Å²) < 4.78 is 5.88. The minimum absolute atomic E-state index is 0.506. The summed E-state index contributed by atoms with van der Waals surface area (Å²) in [5.41, 5.74) is 0. The van der Waals surface area contributed by atoms with Crippen LogP contribution in [-0.4, -0.2) is 14.4 Å². The molecule has 0 rings (SSSR count). The molecule has 62 valence electrons. The van der Waals surface area contributed by atoms with E-state index in [-0.39, 0.29) is 0 Å². The molecule has 0 spiro atoms. The maximum Gasteiger partial charge on any atom is 0.184 e. The van der Waals surface area contributed by atoms with Crippen LogP contribution in [0.2, 0.25) is 19.6 Å². The highest BCUT2D eigenvalue weighted by Crippen LogP contribution is 2.11. The van der Waals surface area contributed by atoms with Gasteiger partial charge in [0.2, 0.25) is 0 Å². The summed E-state index contributed by atoms with van der Waals surface area (Å²) >= 11 is 0. The molecule has 0 saturated heterocycles. The summed E-state index contributed by atoms with van der Waals surface area (Å²) in [7, 11) is -1.26. The van der Waals surface area contributed by atoms with Crippen LogP contribution in [0.25, 0.3) is 0 Å². The van der Waals surface area contributed by atoms with Gasteiger partial charge in [0.05, 0.1) is 0 Å². The van der Waals surface area contributed by atoms with Crippen molar-refractivity contribution >= 4 is 8.32 Å². The summed E-state index contributed by atoms with van der Waals surface area (Å²) in [4.78, 5) is 0. The lowest BCUT2D eigenvalue weighted by atomic mass is 10.2. The number of rotatable bonds is 4. The molecule has 0 atom stereocenters. The van der Waals surface area contributed by atoms with E-state index in [2.05, 4.69) is 33.5 Å². The first-order chi connectivity index (χ1) is 4.49. The van der Waals surface area contributed by atoms with Gasteiger partial charge >= 0.3 is 0 Å². The van der Waals surface area contributed by atoms with E-state index in [4.69, 9.17) is 4.43 Å². The van der Waals surface area contributed by atoms with Crippen molar-refractivity contribution in [1.29, 1.82) is 0 Å². The molecule has 2 heteroatoms. The Hall–Kier alpha value is 0.177. The first-order valence-electron chi connectivity index (χ1n) is 4.17. The van der Waals surface area contributed by atoms with E-state index < -0.39 is 8.32 Å². The van der Waals surface area contributed by atoms with Crippen molar-refractivity contribution in [2.24, 2.45) is 0 Å². The highest BCUT2D eigenvalue weighted by atomic mass is 28.4. The van der Waals surface area contributed by atoms with E-state index in [1.54, 1.807) is 0 Å². The third-order valence-corrected chi connectivity index (χ3v) is 2.47. The monoisotopic (exact) mass is 160 g/mol. The maximum absolute atomic E-state index is 5.88. The van der Waals surface area contributed by atoms with Gasteiger partial charge in [-0.05, 0) is 32.5 Å². The van der Waals surface area contributed by atoms with E-state index >= 15 is 0 Å². The molecule has 0 aromatic heterocycles. The molecule has 0 bridgehead atoms. The van der Waals surface area contributed by atoms with Crippen LogP contribution in [0.1, 0.15) is 26.7 Å². The van der Waals surface area contributed by atoms with Gasteiger partial charge in [-0.15, -0.1) is 0 Å². The van der Waals surface area contributed by atoms with Crippen LogP contribution in [-0.2, 0) is 4.43 Å². The van der Waals surface area contributed by atoms with Gasteiger partial charge in [-0.3, -0.25) is 0 Å². The molecule has 1 nitrogen and oxygen atoms in total. The van der Waals surface area contributed by atoms with Gasteiger partial charge in [0.15, 0.2) is 8.32 Å². The minimum atomic E-state index is -1.26. The molecular formula is C8H20OSi. The average Bonchev–Trinajstić information content (AvgIpc) is 1.81. The van der Waals surface area contributed by atoms with E-state index in [9.17, 15) is 0 Å². The zero-order valence-corrected chi connectivity index (χ0v) is 8.90. The Bertz CT molecular complexity index is 81.7. The molecule has 0 radical (unpaired) electrons. The third-order valence-electron chi connectivity index (χ3n) is 1.43. The van der Waals surface area contributed by atoms with Crippen LogP contribution in [0, 0.1) is 0 Å². The molecule has 0 amide bonds. The number of hydrogen-bond acceptors (Lipinski definition) is 1. The maximum atomic E-state index is 5.88. The molecule has 0 heterocycles. The predicted molar refractivity (Wildman–Crippen MR) is 48.8 cm³/mol. The smallest absolute Gasteiger partial charge is 0.184 e. The largest absolute Gasteiger partial charge is 0.415 e. The first kappa shape index (κ1) is 10.2. The fraction of sp³-hybridized carbons (Fsp3) is 1.00. The van der Waals surface area contributed by atoms with Crippen molar-refractivity contribution in [1.82, 2.24) is 0 Å². The second kappa shape index (κ2) is 4.14. The van der Waals surface area contributed by atoms with Gasteiger partial charge in [0.25, 0.3) is 0 Å². The Labute approximate surface area is 65.9 Å². The zero-order chi connectivity index (χ0) is 8.20. The quantitative estimate of drug-likeness (QED) is 0.574. The summed E-state index contributed by atoms with van der Waals surface area (Å²) in [6.07, 6.45) is 2.81. The molecule has 0 aliphatic carbocycles. The van der Waals surface area contributed by atoms with Crippen molar-refractivity contribution in [2.45, 2.75) is 52.4 Å². The minimum Gasteiger partial charge on any atom is -0.415 e. The van der Waals surface area contributed by atoms with Gasteiger partial charge in [-0.25, -0.2) is 0 Å². The van der Waals surface area contributed by atoms with Crippen molar-refractivity contribution in [2.75, 3.05) is 0 Å². The lowest BCUT2D eigenvalue weighted by Gasteiger charge is -2.24. The molecule has 0 fully saturated rings. The summed E-state index contributed by atoms with van der Waals surface area (Å²) in [6.45, 7) is 11.1. The first-order valence-corrected chi connectivity index (χ1v) is 7.58. The SMILES string of the molecule is CCC(CC)O[Si](C)(C)C. The summed E-state index contributed by atoms with van der Waals surface area (Å²) in [5.74, 6) is 0. The van der Waals surface area contributed by atoms with E-state index in [0.29, 0.717) is 6.10 Å². The van der Waals surface area contributed by atoms with Gasteiger partial charge in [0, 0.05) is 6.10 Å². The summed E-state index contributed by atoms with van der Waals surface area (Å²) in [6, 6.07) is 0. The lowest BCUT2D eigenvalue weighted by molar-refractivity contribution is 0.185. The van der Waals surface area contributed by atoms with Crippen molar-refractivity contribution in [3.05, 3.63) is 0 Å². The fourth-order valence-corrected chi connectivity index (χ4v) is 2.29. The standard InChI is InChI=1S/C8H20OSi/c1-6-8(7-2)9-10(3,4)5/h8H,6-7H2,1-5H3. The van der Waals surface area contributed by atoms with Crippen molar-refractivity contribution in [3.8, 4) is 0 Å².